The SMILES string of the molecule is Cc1cccc(NC(=O)Nc2ccc(-c3csc4c(CO)cnc(N)c34)cc2)c1. The fourth-order valence-corrected chi connectivity index (χ4v) is 4.28. The molecule has 0 aliphatic rings. The van der Waals surface area contributed by atoms with Gasteiger partial charge in [-0.15, -0.1) is 11.3 Å². The van der Waals surface area contributed by atoms with Crippen molar-refractivity contribution in [3.05, 3.63) is 71.2 Å². The number of aryl methyl sites for hydroxylation is 1. The summed E-state index contributed by atoms with van der Waals surface area (Å²) in [5, 5.41) is 18.0. The van der Waals surface area contributed by atoms with E-state index in [1.807, 2.05) is 60.8 Å². The van der Waals surface area contributed by atoms with Crippen LogP contribution >= 0.6 is 11.3 Å². The molecule has 4 aromatic rings. The van der Waals surface area contributed by atoms with Crippen molar-refractivity contribution in [2.75, 3.05) is 16.4 Å². The standard InChI is InChI=1S/C22H20N4O2S/c1-13-3-2-4-17(9-13)26-22(28)25-16-7-5-14(6-8-16)18-12-29-20-15(11-27)10-24-21(23)19(18)20/h2-10,12,27H,11H2,1H3,(H2,23,24)(H2,25,26,28). The van der Waals surface area contributed by atoms with Crippen LogP contribution in [-0.2, 0) is 6.61 Å². The van der Waals surface area contributed by atoms with Crippen LogP contribution in [0.5, 0.6) is 0 Å². The van der Waals surface area contributed by atoms with Crippen molar-refractivity contribution < 1.29 is 9.90 Å². The third-order valence-electron chi connectivity index (χ3n) is 4.60. The fraction of sp³-hybridized carbons (Fsp3) is 0.0909. The second-order valence-electron chi connectivity index (χ2n) is 6.71. The molecule has 0 fully saturated rings. The molecule has 6 nitrogen and oxygen atoms in total. The number of aliphatic hydroxyl groups is 1. The average molecular weight is 404 g/mol. The third-order valence-corrected chi connectivity index (χ3v) is 5.65. The van der Waals surface area contributed by atoms with E-state index < -0.39 is 0 Å². The first-order valence-electron chi connectivity index (χ1n) is 9.05. The lowest BCUT2D eigenvalue weighted by Crippen LogP contribution is -2.19. The van der Waals surface area contributed by atoms with Gasteiger partial charge in [0.15, 0.2) is 0 Å². The number of carbonyl (C=O) groups excluding carboxylic acids is 1. The molecule has 2 heterocycles. The molecule has 146 valence electrons. The van der Waals surface area contributed by atoms with Gasteiger partial charge in [-0.05, 0) is 47.7 Å². The molecule has 0 aliphatic carbocycles. The summed E-state index contributed by atoms with van der Waals surface area (Å²) in [6.45, 7) is 1.89. The van der Waals surface area contributed by atoms with E-state index in [9.17, 15) is 9.90 Å². The maximum absolute atomic E-state index is 12.2. The second-order valence-corrected chi connectivity index (χ2v) is 7.59. The molecule has 2 aromatic carbocycles. The summed E-state index contributed by atoms with van der Waals surface area (Å²) in [6, 6.07) is 14.9. The quantitative estimate of drug-likeness (QED) is 0.385. The van der Waals surface area contributed by atoms with Gasteiger partial charge in [-0.25, -0.2) is 9.78 Å². The van der Waals surface area contributed by atoms with Crippen molar-refractivity contribution in [2.45, 2.75) is 13.5 Å². The van der Waals surface area contributed by atoms with Crippen LogP contribution in [0.3, 0.4) is 0 Å². The van der Waals surface area contributed by atoms with Gasteiger partial charge >= 0.3 is 6.03 Å². The third kappa shape index (κ3) is 3.91. The highest BCUT2D eigenvalue weighted by atomic mass is 32.1. The summed E-state index contributed by atoms with van der Waals surface area (Å²) in [5.74, 6) is 0.438. The van der Waals surface area contributed by atoms with Crippen LogP contribution in [0.2, 0.25) is 0 Å². The van der Waals surface area contributed by atoms with Gasteiger partial charge in [-0.2, -0.15) is 0 Å². The number of fused-ring (bicyclic) bond motifs is 1. The van der Waals surface area contributed by atoms with Gasteiger partial charge in [0, 0.05) is 38.8 Å². The number of rotatable bonds is 4. The Balaban J connectivity index is 1.54. The number of nitrogens with two attached hydrogens (primary N) is 1. The Kier molecular flexibility index (Phi) is 5.16. The summed E-state index contributed by atoms with van der Waals surface area (Å²) in [7, 11) is 0. The Hall–Kier alpha value is -3.42. The highest BCUT2D eigenvalue weighted by Crippen LogP contribution is 2.38. The number of amides is 2. The second kappa shape index (κ2) is 7.90. The van der Waals surface area contributed by atoms with Gasteiger partial charge in [0.05, 0.1) is 6.61 Å². The Labute approximate surface area is 172 Å². The van der Waals surface area contributed by atoms with Gasteiger partial charge in [0.25, 0.3) is 0 Å². The highest BCUT2D eigenvalue weighted by molar-refractivity contribution is 7.18. The summed E-state index contributed by atoms with van der Waals surface area (Å²) < 4.78 is 0.940. The number of thiophene rings is 1. The Morgan fingerprint density at radius 2 is 1.90 bits per heavy atom. The summed E-state index contributed by atoms with van der Waals surface area (Å²) >= 11 is 1.53. The lowest BCUT2D eigenvalue weighted by molar-refractivity contribution is 0.262. The lowest BCUT2D eigenvalue weighted by atomic mass is 10.0. The van der Waals surface area contributed by atoms with E-state index in [4.69, 9.17) is 5.73 Å². The predicted octanol–water partition coefficient (Wildman–Crippen LogP) is 4.99. The minimum Gasteiger partial charge on any atom is -0.392 e. The molecular formula is C22H20N4O2S. The number of carbonyl (C=O) groups is 1. The number of aliphatic hydroxyl groups excluding tert-OH is 1. The molecule has 0 bridgehead atoms. The Morgan fingerprint density at radius 3 is 2.62 bits per heavy atom. The number of pyridine rings is 1. The average Bonchev–Trinajstić information content (AvgIpc) is 3.15. The largest absolute Gasteiger partial charge is 0.392 e. The first-order valence-corrected chi connectivity index (χ1v) is 9.93. The number of aromatic nitrogens is 1. The number of benzene rings is 2. The molecule has 0 unspecified atom stereocenters. The van der Waals surface area contributed by atoms with Gasteiger partial charge in [-0.3, -0.25) is 0 Å². The van der Waals surface area contributed by atoms with E-state index in [1.165, 1.54) is 11.3 Å². The summed E-state index contributed by atoms with van der Waals surface area (Å²) in [4.78, 5) is 16.4. The molecule has 2 amide bonds. The zero-order chi connectivity index (χ0) is 20.4. The molecule has 0 spiro atoms. The molecular weight excluding hydrogens is 384 g/mol. The first kappa shape index (κ1) is 18.9. The van der Waals surface area contributed by atoms with Crippen LogP contribution < -0.4 is 16.4 Å². The van der Waals surface area contributed by atoms with Crippen LogP contribution in [0.4, 0.5) is 22.0 Å². The number of urea groups is 1. The van der Waals surface area contributed by atoms with Crippen LogP contribution in [-0.4, -0.2) is 16.1 Å². The van der Waals surface area contributed by atoms with Crippen LogP contribution in [0, 0.1) is 6.92 Å². The van der Waals surface area contributed by atoms with Gasteiger partial charge in [0.1, 0.15) is 5.82 Å². The lowest BCUT2D eigenvalue weighted by Gasteiger charge is -2.09. The number of anilines is 3. The summed E-state index contributed by atoms with van der Waals surface area (Å²) in [6.07, 6.45) is 1.61. The molecule has 0 atom stereocenters. The van der Waals surface area contributed by atoms with E-state index in [0.29, 0.717) is 11.5 Å². The molecule has 4 rings (SSSR count). The van der Waals surface area contributed by atoms with Crippen molar-refractivity contribution in [2.24, 2.45) is 0 Å². The molecule has 5 N–H and O–H groups in total. The van der Waals surface area contributed by atoms with E-state index >= 15 is 0 Å². The maximum Gasteiger partial charge on any atom is 0.323 e. The van der Waals surface area contributed by atoms with E-state index in [1.54, 1.807) is 6.20 Å². The smallest absolute Gasteiger partial charge is 0.323 e. The van der Waals surface area contributed by atoms with Crippen molar-refractivity contribution in [1.29, 1.82) is 0 Å². The van der Waals surface area contributed by atoms with Crippen molar-refractivity contribution in [1.82, 2.24) is 4.98 Å². The van der Waals surface area contributed by atoms with E-state index in [2.05, 4.69) is 15.6 Å². The van der Waals surface area contributed by atoms with E-state index in [-0.39, 0.29) is 12.6 Å². The van der Waals surface area contributed by atoms with Crippen molar-refractivity contribution in [3.63, 3.8) is 0 Å². The minimum absolute atomic E-state index is 0.0807. The topological polar surface area (TPSA) is 100 Å². The number of nitrogen functional groups attached to an aromatic ring is 1. The van der Waals surface area contributed by atoms with Crippen LogP contribution in [0.25, 0.3) is 21.2 Å². The summed E-state index contributed by atoms with van der Waals surface area (Å²) in [5.41, 5.74) is 11.3. The Morgan fingerprint density at radius 1 is 1.14 bits per heavy atom. The Bertz CT molecular complexity index is 1190. The molecule has 7 heteroatoms. The normalized spacial score (nSPS) is 10.8. The molecule has 0 saturated carbocycles. The molecule has 2 aromatic heterocycles. The van der Waals surface area contributed by atoms with Crippen LogP contribution in [0.15, 0.2) is 60.1 Å². The zero-order valence-electron chi connectivity index (χ0n) is 15.8. The number of hydrogen-bond acceptors (Lipinski definition) is 5. The predicted molar refractivity (Wildman–Crippen MR) is 119 cm³/mol. The van der Waals surface area contributed by atoms with Crippen LogP contribution in [0.1, 0.15) is 11.1 Å². The zero-order valence-corrected chi connectivity index (χ0v) is 16.6. The first-order chi connectivity index (χ1) is 14.0. The van der Waals surface area contributed by atoms with Gasteiger partial charge < -0.3 is 21.5 Å². The monoisotopic (exact) mass is 404 g/mol. The number of nitrogens with zero attached hydrogens (tertiary/aromatic N) is 1. The molecule has 0 saturated heterocycles. The number of hydrogen-bond donors (Lipinski definition) is 4. The molecule has 29 heavy (non-hydrogen) atoms. The highest BCUT2D eigenvalue weighted by Gasteiger charge is 2.14. The van der Waals surface area contributed by atoms with Gasteiger partial charge in [0.2, 0.25) is 0 Å². The molecule has 0 aliphatic heterocycles. The van der Waals surface area contributed by atoms with Gasteiger partial charge in [-0.1, -0.05) is 24.3 Å². The maximum atomic E-state index is 12.2. The minimum atomic E-state index is -0.301. The molecule has 0 radical (unpaired) electrons. The fourth-order valence-electron chi connectivity index (χ4n) is 3.19. The van der Waals surface area contributed by atoms with Crippen molar-refractivity contribution in [3.8, 4) is 11.1 Å². The van der Waals surface area contributed by atoms with Crippen molar-refractivity contribution >= 4 is 44.6 Å². The van der Waals surface area contributed by atoms with E-state index in [0.717, 1.165) is 38.0 Å². The number of nitrogens with one attached hydrogen (secondary N) is 2.